The van der Waals surface area contributed by atoms with Gasteiger partial charge in [-0.3, -0.25) is 0 Å². The standard InChI is InChI=1S/C12H15NO3/c1-13-5-3-4-8-6-9(12(14)15)7-10(16-2)11(8)13/h6-7H,3-5H2,1-2H3,(H,14,15). The molecule has 1 aromatic rings. The zero-order chi connectivity index (χ0) is 11.7. The molecular formula is C12H15NO3. The van der Waals surface area contributed by atoms with Crippen molar-refractivity contribution in [3.63, 3.8) is 0 Å². The summed E-state index contributed by atoms with van der Waals surface area (Å²) >= 11 is 0. The molecule has 0 atom stereocenters. The number of hydrogen-bond acceptors (Lipinski definition) is 3. The van der Waals surface area contributed by atoms with Crippen molar-refractivity contribution in [3.05, 3.63) is 23.3 Å². The monoisotopic (exact) mass is 221 g/mol. The van der Waals surface area contributed by atoms with Crippen LogP contribution in [0.15, 0.2) is 12.1 Å². The van der Waals surface area contributed by atoms with Gasteiger partial charge in [0.1, 0.15) is 5.75 Å². The van der Waals surface area contributed by atoms with Gasteiger partial charge in [0.15, 0.2) is 0 Å². The van der Waals surface area contributed by atoms with Gasteiger partial charge in [-0.25, -0.2) is 4.79 Å². The molecule has 0 saturated carbocycles. The summed E-state index contributed by atoms with van der Waals surface area (Å²) in [6.45, 7) is 0.982. The topological polar surface area (TPSA) is 49.8 Å². The number of benzene rings is 1. The molecule has 1 aliphatic rings. The minimum Gasteiger partial charge on any atom is -0.495 e. The maximum Gasteiger partial charge on any atom is 0.335 e. The summed E-state index contributed by atoms with van der Waals surface area (Å²) in [6.07, 6.45) is 1.97. The number of methoxy groups -OCH3 is 1. The molecule has 0 aromatic heterocycles. The third-order valence-corrected chi connectivity index (χ3v) is 2.94. The van der Waals surface area contributed by atoms with E-state index in [1.807, 2.05) is 7.05 Å². The van der Waals surface area contributed by atoms with Crippen LogP contribution in [0.4, 0.5) is 5.69 Å². The van der Waals surface area contributed by atoms with E-state index in [9.17, 15) is 4.79 Å². The summed E-state index contributed by atoms with van der Waals surface area (Å²) in [7, 11) is 3.57. The van der Waals surface area contributed by atoms with Crippen molar-refractivity contribution in [1.82, 2.24) is 0 Å². The van der Waals surface area contributed by atoms with Crippen LogP contribution in [0.25, 0.3) is 0 Å². The van der Waals surface area contributed by atoms with E-state index < -0.39 is 5.97 Å². The molecule has 16 heavy (non-hydrogen) atoms. The lowest BCUT2D eigenvalue weighted by molar-refractivity contribution is 0.0696. The van der Waals surface area contributed by atoms with E-state index in [2.05, 4.69) is 4.90 Å². The van der Waals surface area contributed by atoms with Crippen molar-refractivity contribution in [3.8, 4) is 5.75 Å². The number of carboxylic acids is 1. The molecule has 0 radical (unpaired) electrons. The van der Waals surface area contributed by atoms with Crippen LogP contribution in [0.5, 0.6) is 5.75 Å². The lowest BCUT2D eigenvalue weighted by Gasteiger charge is -2.29. The molecule has 0 saturated heterocycles. The second-order valence-electron chi connectivity index (χ2n) is 4.02. The summed E-state index contributed by atoms with van der Waals surface area (Å²) in [6, 6.07) is 3.33. The second-order valence-corrected chi connectivity index (χ2v) is 4.02. The third kappa shape index (κ3) is 1.71. The van der Waals surface area contributed by atoms with E-state index >= 15 is 0 Å². The predicted molar refractivity (Wildman–Crippen MR) is 61.5 cm³/mol. The highest BCUT2D eigenvalue weighted by molar-refractivity contribution is 5.90. The predicted octanol–water partition coefficient (Wildman–Crippen LogP) is 1.78. The van der Waals surface area contributed by atoms with Crippen molar-refractivity contribution < 1.29 is 14.6 Å². The Bertz CT molecular complexity index is 411. The van der Waals surface area contributed by atoms with Crippen molar-refractivity contribution in [2.24, 2.45) is 0 Å². The Morgan fingerprint density at radius 2 is 2.25 bits per heavy atom. The Morgan fingerprint density at radius 3 is 2.88 bits per heavy atom. The molecule has 1 aromatic carbocycles. The van der Waals surface area contributed by atoms with Gasteiger partial charge in [-0.05, 0) is 30.5 Å². The number of ether oxygens (including phenoxy) is 1. The van der Waals surface area contributed by atoms with Crippen LogP contribution in [0.2, 0.25) is 0 Å². The number of aryl methyl sites for hydroxylation is 1. The Balaban J connectivity index is 2.57. The van der Waals surface area contributed by atoms with Gasteiger partial charge < -0.3 is 14.7 Å². The molecule has 2 rings (SSSR count). The number of rotatable bonds is 2. The zero-order valence-electron chi connectivity index (χ0n) is 9.49. The first-order valence-electron chi connectivity index (χ1n) is 5.29. The largest absolute Gasteiger partial charge is 0.495 e. The molecule has 1 heterocycles. The third-order valence-electron chi connectivity index (χ3n) is 2.94. The smallest absolute Gasteiger partial charge is 0.335 e. The molecule has 1 N–H and O–H groups in total. The van der Waals surface area contributed by atoms with Crippen LogP contribution in [0, 0.1) is 0 Å². The molecule has 0 unspecified atom stereocenters. The van der Waals surface area contributed by atoms with Crippen molar-refractivity contribution in [1.29, 1.82) is 0 Å². The minimum atomic E-state index is -0.908. The van der Waals surface area contributed by atoms with Crippen LogP contribution in [0.1, 0.15) is 22.3 Å². The first-order chi connectivity index (χ1) is 7.63. The molecule has 0 spiro atoms. The first kappa shape index (κ1) is 10.8. The number of carbonyl (C=O) groups is 1. The van der Waals surface area contributed by atoms with E-state index in [-0.39, 0.29) is 0 Å². The number of aromatic carboxylic acids is 1. The Hall–Kier alpha value is -1.71. The van der Waals surface area contributed by atoms with Gasteiger partial charge in [0.05, 0.1) is 18.4 Å². The maximum absolute atomic E-state index is 11.0. The Kier molecular flexibility index (Phi) is 2.73. The van der Waals surface area contributed by atoms with E-state index in [0.717, 1.165) is 30.6 Å². The molecule has 86 valence electrons. The molecule has 0 fully saturated rings. The van der Waals surface area contributed by atoms with E-state index in [0.29, 0.717) is 11.3 Å². The van der Waals surface area contributed by atoms with E-state index in [1.165, 1.54) is 0 Å². The maximum atomic E-state index is 11.0. The van der Waals surface area contributed by atoms with Gasteiger partial charge in [-0.15, -0.1) is 0 Å². The highest BCUT2D eigenvalue weighted by atomic mass is 16.5. The summed E-state index contributed by atoms with van der Waals surface area (Å²) in [4.78, 5) is 13.1. The molecular weight excluding hydrogens is 206 g/mol. The van der Waals surface area contributed by atoms with Gasteiger partial charge in [0, 0.05) is 13.6 Å². The second kappa shape index (κ2) is 4.04. The molecule has 0 bridgehead atoms. The zero-order valence-corrected chi connectivity index (χ0v) is 9.49. The Morgan fingerprint density at radius 1 is 1.50 bits per heavy atom. The van der Waals surface area contributed by atoms with Crippen LogP contribution >= 0.6 is 0 Å². The summed E-state index contributed by atoms with van der Waals surface area (Å²) in [5.74, 6) is -0.258. The molecule has 0 amide bonds. The van der Waals surface area contributed by atoms with Gasteiger partial charge in [0.2, 0.25) is 0 Å². The SMILES string of the molecule is COc1cc(C(=O)O)cc2c1N(C)CCC2. The Labute approximate surface area is 94.4 Å². The lowest BCUT2D eigenvalue weighted by atomic mass is 9.98. The van der Waals surface area contributed by atoms with Gasteiger partial charge in [-0.2, -0.15) is 0 Å². The number of nitrogens with zero attached hydrogens (tertiary/aromatic N) is 1. The molecule has 0 aliphatic carbocycles. The van der Waals surface area contributed by atoms with Gasteiger partial charge in [-0.1, -0.05) is 0 Å². The van der Waals surface area contributed by atoms with Crippen LogP contribution in [-0.4, -0.2) is 31.8 Å². The molecule has 4 nitrogen and oxygen atoms in total. The fraction of sp³-hybridized carbons (Fsp3) is 0.417. The van der Waals surface area contributed by atoms with Crippen LogP contribution < -0.4 is 9.64 Å². The summed E-state index contributed by atoms with van der Waals surface area (Å²) in [5.41, 5.74) is 2.38. The molecule has 1 aliphatic heterocycles. The van der Waals surface area contributed by atoms with Crippen LogP contribution in [-0.2, 0) is 6.42 Å². The number of anilines is 1. The van der Waals surface area contributed by atoms with Crippen molar-refractivity contribution in [2.45, 2.75) is 12.8 Å². The fourth-order valence-electron chi connectivity index (χ4n) is 2.19. The quantitative estimate of drug-likeness (QED) is 0.827. The van der Waals surface area contributed by atoms with Crippen molar-refractivity contribution >= 4 is 11.7 Å². The highest BCUT2D eigenvalue weighted by Gasteiger charge is 2.20. The van der Waals surface area contributed by atoms with E-state index in [4.69, 9.17) is 9.84 Å². The van der Waals surface area contributed by atoms with Gasteiger partial charge >= 0.3 is 5.97 Å². The number of carboxylic acid groups (broad SMARTS) is 1. The highest BCUT2D eigenvalue weighted by Crippen LogP contribution is 2.36. The summed E-state index contributed by atoms with van der Waals surface area (Å²) in [5, 5.41) is 9.00. The van der Waals surface area contributed by atoms with Gasteiger partial charge in [0.25, 0.3) is 0 Å². The number of fused-ring (bicyclic) bond motifs is 1. The van der Waals surface area contributed by atoms with Crippen molar-refractivity contribution in [2.75, 3.05) is 25.6 Å². The number of hydrogen-bond donors (Lipinski definition) is 1. The molecule has 4 heteroatoms. The first-order valence-corrected chi connectivity index (χ1v) is 5.29. The normalized spacial score (nSPS) is 14.5. The average molecular weight is 221 g/mol. The van der Waals surface area contributed by atoms with Crippen LogP contribution in [0.3, 0.4) is 0 Å². The summed E-state index contributed by atoms with van der Waals surface area (Å²) < 4.78 is 5.27. The fourth-order valence-corrected chi connectivity index (χ4v) is 2.19. The average Bonchev–Trinajstić information content (AvgIpc) is 2.27. The lowest BCUT2D eigenvalue weighted by Crippen LogP contribution is -2.25. The minimum absolute atomic E-state index is 0.297. The van der Waals surface area contributed by atoms with E-state index in [1.54, 1.807) is 19.2 Å².